The third-order valence-corrected chi connectivity index (χ3v) is 4.42. The molecule has 2 aromatic rings. The van der Waals surface area contributed by atoms with E-state index in [4.69, 9.17) is 4.74 Å². The molecule has 4 nitrogen and oxygen atoms in total. The molecule has 2 amide bonds. The number of amides is 2. The van der Waals surface area contributed by atoms with E-state index >= 15 is 0 Å². The number of methoxy groups -OCH3 is 1. The minimum absolute atomic E-state index is 0.118. The fraction of sp³-hybridized carbons (Fsp3) is 0.278. The Balaban J connectivity index is 2.05. The summed E-state index contributed by atoms with van der Waals surface area (Å²) in [7, 11) is 3.30. The number of carbonyl (C=O) groups is 1. The molecule has 0 saturated carbocycles. The lowest BCUT2D eigenvalue weighted by molar-refractivity contribution is 0.193. The van der Waals surface area contributed by atoms with Crippen molar-refractivity contribution in [3.63, 3.8) is 0 Å². The quantitative estimate of drug-likeness (QED) is 0.810. The molecule has 24 heavy (non-hydrogen) atoms. The molecule has 0 bridgehead atoms. The summed E-state index contributed by atoms with van der Waals surface area (Å²) in [5.41, 5.74) is 1.34. The lowest BCUT2D eigenvalue weighted by Crippen LogP contribution is -2.38. The summed E-state index contributed by atoms with van der Waals surface area (Å²) >= 11 is 3.30. The lowest BCUT2D eigenvalue weighted by atomic mass is 10.1. The van der Waals surface area contributed by atoms with Crippen LogP contribution >= 0.6 is 15.9 Å². The highest BCUT2D eigenvalue weighted by Crippen LogP contribution is 2.28. The van der Waals surface area contributed by atoms with Crippen LogP contribution in [0.15, 0.2) is 46.9 Å². The molecule has 0 aromatic heterocycles. The number of ether oxygens (including phenoxy) is 1. The number of hydrogen-bond donors (Lipinski definition) is 1. The van der Waals surface area contributed by atoms with Crippen molar-refractivity contribution < 1.29 is 13.9 Å². The van der Waals surface area contributed by atoms with Crippen molar-refractivity contribution in [1.29, 1.82) is 0 Å². The van der Waals surface area contributed by atoms with Crippen LogP contribution in [0.4, 0.5) is 9.18 Å². The Morgan fingerprint density at radius 3 is 2.75 bits per heavy atom. The minimum atomic E-state index is -0.348. The second-order valence-corrected chi connectivity index (χ2v) is 6.34. The van der Waals surface area contributed by atoms with Gasteiger partial charge in [-0.15, -0.1) is 0 Å². The van der Waals surface area contributed by atoms with Gasteiger partial charge >= 0.3 is 6.03 Å². The Morgan fingerprint density at radius 1 is 1.33 bits per heavy atom. The fourth-order valence-electron chi connectivity index (χ4n) is 2.37. The van der Waals surface area contributed by atoms with Crippen LogP contribution in [0, 0.1) is 5.82 Å². The molecule has 1 atom stereocenters. The van der Waals surface area contributed by atoms with E-state index in [2.05, 4.69) is 21.2 Å². The standard InChI is InChI=1S/C18H20BrFN2O2/c1-12(15-6-4-5-7-17(15)24-3)22(2)18(23)21-11-13-10-14(19)8-9-16(13)20/h4-10,12H,11H2,1-3H3,(H,21,23). The Morgan fingerprint density at radius 2 is 2.04 bits per heavy atom. The normalized spacial score (nSPS) is 11.7. The van der Waals surface area contributed by atoms with E-state index < -0.39 is 0 Å². The van der Waals surface area contributed by atoms with Gasteiger partial charge in [0.15, 0.2) is 0 Å². The average Bonchev–Trinajstić information content (AvgIpc) is 2.60. The number of nitrogens with one attached hydrogen (secondary N) is 1. The van der Waals surface area contributed by atoms with Gasteiger partial charge in [-0.2, -0.15) is 0 Å². The van der Waals surface area contributed by atoms with Crippen molar-refractivity contribution in [3.05, 3.63) is 63.9 Å². The zero-order chi connectivity index (χ0) is 17.7. The van der Waals surface area contributed by atoms with E-state index in [-0.39, 0.29) is 24.4 Å². The molecule has 1 N–H and O–H groups in total. The largest absolute Gasteiger partial charge is 0.496 e. The highest BCUT2D eigenvalue weighted by Gasteiger charge is 2.20. The molecule has 0 fully saturated rings. The molecule has 2 rings (SSSR count). The lowest BCUT2D eigenvalue weighted by Gasteiger charge is -2.26. The first-order chi connectivity index (χ1) is 11.4. The number of halogens is 2. The van der Waals surface area contributed by atoms with Crippen molar-refractivity contribution in [1.82, 2.24) is 10.2 Å². The van der Waals surface area contributed by atoms with Gasteiger partial charge in [-0.3, -0.25) is 0 Å². The van der Waals surface area contributed by atoms with E-state index in [0.717, 1.165) is 15.8 Å². The number of urea groups is 1. The molecule has 2 aromatic carbocycles. The zero-order valence-corrected chi connectivity index (χ0v) is 15.4. The maximum Gasteiger partial charge on any atom is 0.317 e. The third kappa shape index (κ3) is 4.26. The van der Waals surface area contributed by atoms with Gasteiger partial charge in [-0.25, -0.2) is 9.18 Å². The summed E-state index contributed by atoms with van der Waals surface area (Å²) in [6, 6.07) is 11.7. The van der Waals surface area contributed by atoms with Gasteiger partial charge in [0.1, 0.15) is 11.6 Å². The van der Waals surface area contributed by atoms with Crippen LogP contribution in [-0.4, -0.2) is 25.1 Å². The van der Waals surface area contributed by atoms with Crippen LogP contribution in [0.25, 0.3) is 0 Å². The van der Waals surface area contributed by atoms with Gasteiger partial charge in [-0.1, -0.05) is 34.1 Å². The fourth-order valence-corrected chi connectivity index (χ4v) is 2.78. The second-order valence-electron chi connectivity index (χ2n) is 5.42. The van der Waals surface area contributed by atoms with E-state index in [1.54, 1.807) is 31.2 Å². The van der Waals surface area contributed by atoms with Crippen LogP contribution in [0.3, 0.4) is 0 Å². The highest BCUT2D eigenvalue weighted by molar-refractivity contribution is 9.10. The topological polar surface area (TPSA) is 41.6 Å². The summed E-state index contributed by atoms with van der Waals surface area (Å²) < 4.78 is 19.9. The average molecular weight is 395 g/mol. The van der Waals surface area contributed by atoms with Crippen molar-refractivity contribution in [2.45, 2.75) is 19.5 Å². The van der Waals surface area contributed by atoms with Crippen LogP contribution in [0.1, 0.15) is 24.1 Å². The highest BCUT2D eigenvalue weighted by atomic mass is 79.9. The number of carbonyl (C=O) groups excluding carboxylic acids is 1. The molecule has 0 aliphatic rings. The third-order valence-electron chi connectivity index (χ3n) is 3.93. The Hall–Kier alpha value is -2.08. The van der Waals surface area contributed by atoms with Gasteiger partial charge in [0.25, 0.3) is 0 Å². The monoisotopic (exact) mass is 394 g/mol. The van der Waals surface area contributed by atoms with E-state index in [1.807, 2.05) is 31.2 Å². The smallest absolute Gasteiger partial charge is 0.317 e. The second kappa shape index (κ2) is 8.15. The summed E-state index contributed by atoms with van der Waals surface area (Å²) in [6.45, 7) is 2.03. The molecule has 1 unspecified atom stereocenters. The number of benzene rings is 2. The summed E-state index contributed by atoms with van der Waals surface area (Å²) in [5.74, 6) is 0.376. The van der Waals surface area contributed by atoms with Gasteiger partial charge in [0.05, 0.1) is 13.2 Å². The molecule has 128 valence electrons. The van der Waals surface area contributed by atoms with E-state index in [0.29, 0.717) is 5.56 Å². The Kier molecular flexibility index (Phi) is 6.20. The van der Waals surface area contributed by atoms with Gasteiger partial charge in [0.2, 0.25) is 0 Å². The Bertz CT molecular complexity index is 724. The van der Waals surface area contributed by atoms with Gasteiger partial charge < -0.3 is 15.0 Å². The van der Waals surface area contributed by atoms with E-state index in [9.17, 15) is 9.18 Å². The maximum absolute atomic E-state index is 13.7. The number of hydrogen-bond acceptors (Lipinski definition) is 2. The summed E-state index contributed by atoms with van der Waals surface area (Å²) in [5, 5.41) is 2.74. The van der Waals surface area contributed by atoms with Gasteiger partial charge in [0, 0.05) is 29.2 Å². The number of nitrogens with zero attached hydrogens (tertiary/aromatic N) is 1. The van der Waals surface area contributed by atoms with Crippen molar-refractivity contribution in [2.24, 2.45) is 0 Å². The molecule has 0 aliphatic heterocycles. The molecule has 6 heteroatoms. The van der Waals surface area contributed by atoms with Crippen LogP contribution < -0.4 is 10.1 Å². The molecule has 0 aliphatic carbocycles. The van der Waals surface area contributed by atoms with Crippen LogP contribution in [0.2, 0.25) is 0 Å². The first-order valence-electron chi connectivity index (χ1n) is 7.51. The zero-order valence-electron chi connectivity index (χ0n) is 13.8. The van der Waals surface area contributed by atoms with Crippen LogP contribution in [-0.2, 0) is 6.54 Å². The number of para-hydroxylation sites is 1. The van der Waals surface area contributed by atoms with Crippen molar-refractivity contribution in [2.75, 3.05) is 14.2 Å². The SMILES string of the molecule is COc1ccccc1C(C)N(C)C(=O)NCc1cc(Br)ccc1F. The van der Waals surface area contributed by atoms with E-state index in [1.165, 1.54) is 6.07 Å². The van der Waals surface area contributed by atoms with Crippen LogP contribution in [0.5, 0.6) is 5.75 Å². The number of rotatable bonds is 5. The molecular weight excluding hydrogens is 375 g/mol. The maximum atomic E-state index is 13.7. The summed E-state index contributed by atoms with van der Waals surface area (Å²) in [4.78, 5) is 13.9. The first-order valence-corrected chi connectivity index (χ1v) is 8.30. The van der Waals surface area contributed by atoms with Crippen molar-refractivity contribution in [3.8, 4) is 5.75 Å². The summed E-state index contributed by atoms with van der Waals surface area (Å²) in [6.07, 6.45) is 0. The van der Waals surface area contributed by atoms with Gasteiger partial charge in [-0.05, 0) is 31.2 Å². The van der Waals surface area contributed by atoms with Crippen molar-refractivity contribution >= 4 is 22.0 Å². The molecule has 0 spiro atoms. The minimum Gasteiger partial charge on any atom is -0.496 e. The predicted octanol–water partition coefficient (Wildman–Crippen LogP) is 4.50. The molecular formula is C18H20BrFN2O2. The molecule has 0 radical (unpaired) electrons. The predicted molar refractivity (Wildman–Crippen MR) is 95.5 cm³/mol. The molecule has 0 saturated heterocycles. The molecule has 0 heterocycles. The Labute approximate surface area is 149 Å². The first kappa shape index (κ1) is 18.3.